The van der Waals surface area contributed by atoms with Crippen molar-refractivity contribution < 1.29 is 22.7 Å². The van der Waals surface area contributed by atoms with E-state index in [4.69, 9.17) is 9.72 Å². The summed E-state index contributed by atoms with van der Waals surface area (Å²) in [4.78, 5) is 28.1. The van der Waals surface area contributed by atoms with Gasteiger partial charge in [-0.3, -0.25) is 9.78 Å². The number of nitrogens with one attached hydrogen (secondary N) is 1. The number of aryl methyl sites for hydroxylation is 1. The Bertz CT molecular complexity index is 1200. The summed E-state index contributed by atoms with van der Waals surface area (Å²) >= 11 is 0. The zero-order valence-corrected chi connectivity index (χ0v) is 20.8. The molecule has 0 aliphatic carbocycles. The number of alkyl halides is 3. The summed E-state index contributed by atoms with van der Waals surface area (Å²) in [7, 11) is 0. The lowest BCUT2D eigenvalue weighted by Crippen LogP contribution is -2.52. The van der Waals surface area contributed by atoms with E-state index in [-0.39, 0.29) is 18.1 Å². The van der Waals surface area contributed by atoms with Gasteiger partial charge < -0.3 is 19.5 Å². The topological polar surface area (TPSA) is 85.2 Å². The number of nitrogens with zero attached hydrogens (tertiary/aromatic N) is 5. The Labute approximate surface area is 207 Å². The van der Waals surface area contributed by atoms with Gasteiger partial charge in [-0.25, -0.2) is 9.97 Å². The first kappa shape index (κ1) is 25.9. The van der Waals surface area contributed by atoms with E-state index in [1.807, 2.05) is 37.2 Å². The van der Waals surface area contributed by atoms with E-state index in [1.54, 1.807) is 12.3 Å². The Morgan fingerprint density at radius 2 is 1.89 bits per heavy atom. The molecule has 4 rings (SSSR count). The molecule has 0 saturated carbocycles. The number of ether oxygens (including phenoxy) is 1. The van der Waals surface area contributed by atoms with Gasteiger partial charge in [0.15, 0.2) is 5.65 Å². The van der Waals surface area contributed by atoms with Crippen LogP contribution < -0.4 is 5.32 Å². The number of hydrogen-bond acceptors (Lipinski definition) is 6. The monoisotopic (exact) mass is 504 g/mol. The van der Waals surface area contributed by atoms with E-state index in [9.17, 15) is 18.0 Å². The predicted molar refractivity (Wildman–Crippen MR) is 130 cm³/mol. The highest BCUT2D eigenvalue weighted by Crippen LogP contribution is 2.31. The SMILES string of the molecule is CCC[C@H](Nc1ccnc2c1nc(-c1ccc(C(F)(F)F)nc1)n2CC)C(=O)N1C[C@@H](C)O[C@@H](C)C1. The average molecular weight is 505 g/mol. The van der Waals surface area contributed by atoms with Crippen LogP contribution in [-0.2, 0) is 22.3 Å². The van der Waals surface area contributed by atoms with Crippen LogP contribution in [0.2, 0.25) is 0 Å². The number of aromatic nitrogens is 4. The third-order valence-corrected chi connectivity index (χ3v) is 6.20. The summed E-state index contributed by atoms with van der Waals surface area (Å²) in [5, 5.41) is 3.38. The first-order chi connectivity index (χ1) is 17.1. The Morgan fingerprint density at radius 1 is 1.17 bits per heavy atom. The summed E-state index contributed by atoms with van der Waals surface area (Å²) in [6, 6.07) is 3.62. The maximum Gasteiger partial charge on any atom is 0.433 e. The number of amides is 1. The maximum absolute atomic E-state index is 13.4. The van der Waals surface area contributed by atoms with E-state index >= 15 is 0 Å². The van der Waals surface area contributed by atoms with Crippen molar-refractivity contribution in [2.45, 2.75) is 71.5 Å². The molecule has 36 heavy (non-hydrogen) atoms. The highest BCUT2D eigenvalue weighted by atomic mass is 19.4. The number of halogens is 3. The molecular formula is C25H31F3N6O2. The Kier molecular flexibility index (Phi) is 7.49. The molecule has 3 atom stereocenters. The highest BCUT2D eigenvalue weighted by Gasteiger charge is 2.33. The molecule has 194 valence electrons. The van der Waals surface area contributed by atoms with Gasteiger partial charge in [0.05, 0.1) is 17.9 Å². The number of pyridine rings is 2. The molecule has 3 aromatic rings. The van der Waals surface area contributed by atoms with E-state index in [2.05, 4.69) is 15.3 Å². The Hall–Kier alpha value is -3.21. The van der Waals surface area contributed by atoms with Crippen LogP contribution in [-0.4, -0.2) is 61.7 Å². The van der Waals surface area contributed by atoms with Crippen LogP contribution in [0.15, 0.2) is 30.6 Å². The van der Waals surface area contributed by atoms with Gasteiger partial charge in [-0.1, -0.05) is 13.3 Å². The third-order valence-electron chi connectivity index (χ3n) is 6.20. The van der Waals surface area contributed by atoms with Gasteiger partial charge in [0.25, 0.3) is 0 Å². The average Bonchev–Trinajstić information content (AvgIpc) is 3.22. The number of imidazole rings is 1. The fraction of sp³-hybridized carbons (Fsp3) is 0.520. The standard InChI is InChI=1S/C25H31F3N6O2/c1-5-7-19(24(35)33-13-15(3)36-16(4)14-33)31-18-10-11-29-23-21(18)32-22(34(23)6-2)17-8-9-20(30-12-17)25(26,27)28/h8-12,15-16,19H,5-7,13-14H2,1-4H3,(H,29,31)/t15-,16+,19-/m0/s1. The van der Waals surface area contributed by atoms with Crippen LogP contribution in [0.25, 0.3) is 22.6 Å². The van der Waals surface area contributed by atoms with Crippen molar-refractivity contribution in [2.75, 3.05) is 18.4 Å². The van der Waals surface area contributed by atoms with Gasteiger partial charge in [0.2, 0.25) is 5.91 Å². The molecule has 1 saturated heterocycles. The van der Waals surface area contributed by atoms with Gasteiger partial charge in [0, 0.05) is 37.6 Å². The fourth-order valence-electron chi connectivity index (χ4n) is 4.66. The second kappa shape index (κ2) is 10.4. The summed E-state index contributed by atoms with van der Waals surface area (Å²) < 4.78 is 46.5. The van der Waals surface area contributed by atoms with Gasteiger partial charge in [-0.05, 0) is 45.4 Å². The number of hydrogen-bond donors (Lipinski definition) is 1. The normalized spacial score (nSPS) is 19.5. The van der Waals surface area contributed by atoms with Crippen LogP contribution in [0.5, 0.6) is 0 Å². The van der Waals surface area contributed by atoms with Gasteiger partial charge in [-0.2, -0.15) is 13.2 Å². The minimum atomic E-state index is -4.51. The van der Waals surface area contributed by atoms with Gasteiger partial charge in [0.1, 0.15) is 23.1 Å². The van der Waals surface area contributed by atoms with Gasteiger partial charge >= 0.3 is 6.18 Å². The molecule has 1 amide bonds. The van der Waals surface area contributed by atoms with Crippen LogP contribution >= 0.6 is 0 Å². The molecule has 0 unspecified atom stereocenters. The lowest BCUT2D eigenvalue weighted by Gasteiger charge is -2.37. The lowest BCUT2D eigenvalue weighted by molar-refractivity contribution is -0.144. The summed E-state index contributed by atoms with van der Waals surface area (Å²) in [5.41, 5.74) is 1.26. The lowest BCUT2D eigenvalue weighted by atomic mass is 10.1. The quantitative estimate of drug-likeness (QED) is 0.500. The predicted octanol–water partition coefficient (Wildman–Crippen LogP) is 4.75. The molecule has 1 aliphatic heterocycles. The molecule has 11 heteroatoms. The van der Waals surface area contributed by atoms with Crippen LogP contribution in [0, 0.1) is 0 Å². The third kappa shape index (κ3) is 5.30. The van der Waals surface area contributed by atoms with Crippen LogP contribution in [0.3, 0.4) is 0 Å². The fourth-order valence-corrected chi connectivity index (χ4v) is 4.66. The molecule has 0 aromatic carbocycles. The van der Waals surface area contributed by atoms with Crippen molar-refractivity contribution >= 4 is 22.8 Å². The molecule has 8 nitrogen and oxygen atoms in total. The summed E-state index contributed by atoms with van der Waals surface area (Å²) in [6.45, 7) is 9.42. The van der Waals surface area contributed by atoms with E-state index in [0.717, 1.165) is 12.5 Å². The number of carbonyl (C=O) groups excluding carboxylic acids is 1. The van der Waals surface area contributed by atoms with Crippen molar-refractivity contribution in [1.29, 1.82) is 0 Å². The molecule has 1 N–H and O–H groups in total. The number of rotatable bonds is 7. The second-order valence-corrected chi connectivity index (χ2v) is 9.13. The molecule has 0 spiro atoms. The van der Waals surface area contributed by atoms with Crippen molar-refractivity contribution in [2.24, 2.45) is 0 Å². The Morgan fingerprint density at radius 3 is 2.47 bits per heavy atom. The number of morpholine rings is 1. The molecule has 1 aliphatic rings. The van der Waals surface area contributed by atoms with E-state index < -0.39 is 17.9 Å². The highest BCUT2D eigenvalue weighted by molar-refractivity contribution is 5.92. The molecule has 3 aromatic heterocycles. The molecular weight excluding hydrogens is 473 g/mol. The van der Waals surface area contributed by atoms with Crippen molar-refractivity contribution in [3.8, 4) is 11.4 Å². The first-order valence-electron chi connectivity index (χ1n) is 12.2. The number of anilines is 1. The van der Waals surface area contributed by atoms with Crippen molar-refractivity contribution in [3.05, 3.63) is 36.3 Å². The van der Waals surface area contributed by atoms with E-state index in [1.165, 1.54) is 12.3 Å². The number of fused-ring (bicyclic) bond motifs is 1. The molecule has 1 fully saturated rings. The minimum absolute atomic E-state index is 0.00546. The smallest absolute Gasteiger partial charge is 0.372 e. The largest absolute Gasteiger partial charge is 0.433 e. The van der Waals surface area contributed by atoms with E-state index in [0.29, 0.717) is 54.3 Å². The van der Waals surface area contributed by atoms with Crippen molar-refractivity contribution in [3.63, 3.8) is 0 Å². The second-order valence-electron chi connectivity index (χ2n) is 9.13. The minimum Gasteiger partial charge on any atom is -0.372 e. The van der Waals surface area contributed by atoms with Gasteiger partial charge in [-0.15, -0.1) is 0 Å². The Balaban J connectivity index is 1.67. The zero-order valence-electron chi connectivity index (χ0n) is 20.8. The molecule has 0 radical (unpaired) electrons. The van der Waals surface area contributed by atoms with Crippen LogP contribution in [0.4, 0.5) is 18.9 Å². The number of carbonyl (C=O) groups is 1. The summed E-state index contributed by atoms with van der Waals surface area (Å²) in [6.07, 6.45) is -0.335. The maximum atomic E-state index is 13.4. The van der Waals surface area contributed by atoms with Crippen molar-refractivity contribution in [1.82, 2.24) is 24.4 Å². The molecule has 0 bridgehead atoms. The summed E-state index contributed by atoms with van der Waals surface area (Å²) in [5.74, 6) is 0.468. The zero-order chi connectivity index (χ0) is 26.0. The van der Waals surface area contributed by atoms with Crippen LogP contribution in [0.1, 0.15) is 46.2 Å². The first-order valence-corrected chi connectivity index (χ1v) is 12.2. The molecule has 4 heterocycles.